The van der Waals surface area contributed by atoms with Crippen LogP contribution in [0.15, 0.2) is 48.5 Å². The molecular weight excluding hydrogens is 300 g/mol. The number of nitrogens with one attached hydrogen (secondary N) is 1. The molecule has 0 radical (unpaired) electrons. The van der Waals surface area contributed by atoms with Crippen LogP contribution in [-0.2, 0) is 6.54 Å². The molecule has 0 spiro atoms. The van der Waals surface area contributed by atoms with Crippen LogP contribution in [-0.4, -0.2) is 24.6 Å². The summed E-state index contributed by atoms with van der Waals surface area (Å²) in [5, 5.41) is 3.04. The maximum absolute atomic E-state index is 12.6. The second kappa shape index (κ2) is 7.39. The van der Waals surface area contributed by atoms with E-state index in [1.54, 1.807) is 7.11 Å². The average molecular weight is 324 g/mol. The number of hydrogen-bond donors (Lipinski definition) is 1. The Morgan fingerprint density at radius 3 is 2.88 bits per heavy atom. The van der Waals surface area contributed by atoms with E-state index in [0.717, 1.165) is 30.7 Å². The van der Waals surface area contributed by atoms with Crippen LogP contribution in [0.25, 0.3) is 0 Å². The molecule has 0 aliphatic carbocycles. The van der Waals surface area contributed by atoms with E-state index in [2.05, 4.69) is 36.5 Å². The molecule has 3 rings (SSSR count). The molecule has 1 fully saturated rings. The minimum atomic E-state index is 0.00169. The van der Waals surface area contributed by atoms with Crippen molar-refractivity contribution in [1.29, 1.82) is 0 Å². The van der Waals surface area contributed by atoms with Crippen molar-refractivity contribution >= 4 is 6.03 Å². The van der Waals surface area contributed by atoms with Gasteiger partial charge in [-0.1, -0.05) is 42.0 Å². The fourth-order valence-corrected chi connectivity index (χ4v) is 3.30. The Morgan fingerprint density at radius 1 is 1.25 bits per heavy atom. The summed E-state index contributed by atoms with van der Waals surface area (Å²) in [7, 11) is 1.65. The molecule has 1 heterocycles. The molecule has 1 aliphatic rings. The fraction of sp³-hybridized carbons (Fsp3) is 0.350. The van der Waals surface area contributed by atoms with Crippen LogP contribution in [0.2, 0.25) is 0 Å². The zero-order chi connectivity index (χ0) is 16.9. The van der Waals surface area contributed by atoms with Crippen molar-refractivity contribution in [2.75, 3.05) is 13.7 Å². The molecule has 2 aromatic carbocycles. The summed E-state index contributed by atoms with van der Waals surface area (Å²) in [6.45, 7) is 3.40. The first-order chi connectivity index (χ1) is 11.7. The number of rotatable bonds is 4. The van der Waals surface area contributed by atoms with E-state index in [0.29, 0.717) is 6.54 Å². The number of carbonyl (C=O) groups is 1. The number of carbonyl (C=O) groups excluding carboxylic acids is 1. The highest BCUT2D eigenvalue weighted by Gasteiger charge is 2.29. The summed E-state index contributed by atoms with van der Waals surface area (Å²) >= 11 is 0. The van der Waals surface area contributed by atoms with E-state index in [1.807, 2.05) is 29.2 Å². The molecule has 1 N–H and O–H groups in total. The Labute approximate surface area is 143 Å². The van der Waals surface area contributed by atoms with Gasteiger partial charge in [0.15, 0.2) is 0 Å². The highest BCUT2D eigenvalue weighted by molar-refractivity contribution is 5.75. The Balaban J connectivity index is 1.65. The standard InChI is InChI=1S/C20H24N2O2/c1-15-6-3-8-17(12-15)19-10-5-11-22(19)20(23)21-14-16-7-4-9-18(13-16)24-2/h3-4,6-9,12-13,19H,5,10-11,14H2,1-2H3,(H,21,23)/t19-/m0/s1. The predicted molar refractivity (Wildman–Crippen MR) is 95.1 cm³/mol. The lowest BCUT2D eigenvalue weighted by molar-refractivity contribution is 0.192. The number of ether oxygens (including phenoxy) is 1. The van der Waals surface area contributed by atoms with Crippen molar-refractivity contribution in [2.24, 2.45) is 0 Å². The van der Waals surface area contributed by atoms with Gasteiger partial charge in [-0.05, 0) is 43.0 Å². The van der Waals surface area contributed by atoms with Crippen molar-refractivity contribution in [2.45, 2.75) is 32.4 Å². The van der Waals surface area contributed by atoms with E-state index < -0.39 is 0 Å². The summed E-state index contributed by atoms with van der Waals surface area (Å²) in [5.41, 5.74) is 3.49. The Morgan fingerprint density at radius 2 is 2.08 bits per heavy atom. The normalized spacial score (nSPS) is 16.9. The van der Waals surface area contributed by atoms with E-state index in [1.165, 1.54) is 11.1 Å². The predicted octanol–water partition coefficient (Wildman–Crippen LogP) is 4.05. The SMILES string of the molecule is COc1cccc(CNC(=O)N2CCC[C@H]2c2cccc(C)c2)c1. The number of benzene rings is 2. The molecule has 1 atom stereocenters. The van der Waals surface area contributed by atoms with Crippen LogP contribution >= 0.6 is 0 Å². The molecule has 0 unspecified atom stereocenters. The van der Waals surface area contributed by atoms with Crippen molar-refractivity contribution in [3.63, 3.8) is 0 Å². The number of amides is 2. The molecule has 4 nitrogen and oxygen atoms in total. The zero-order valence-electron chi connectivity index (χ0n) is 14.3. The van der Waals surface area contributed by atoms with Crippen LogP contribution < -0.4 is 10.1 Å². The van der Waals surface area contributed by atoms with Gasteiger partial charge in [-0.15, -0.1) is 0 Å². The number of likely N-dealkylation sites (tertiary alicyclic amines) is 1. The van der Waals surface area contributed by atoms with Crippen LogP contribution in [0.1, 0.15) is 35.6 Å². The van der Waals surface area contributed by atoms with Gasteiger partial charge in [-0.2, -0.15) is 0 Å². The molecular formula is C20H24N2O2. The topological polar surface area (TPSA) is 41.6 Å². The number of hydrogen-bond acceptors (Lipinski definition) is 2. The summed E-state index contributed by atoms with van der Waals surface area (Å²) in [6.07, 6.45) is 2.07. The van der Waals surface area contributed by atoms with Crippen molar-refractivity contribution in [1.82, 2.24) is 10.2 Å². The molecule has 1 aliphatic heterocycles. The first-order valence-corrected chi connectivity index (χ1v) is 8.41. The fourth-order valence-electron chi connectivity index (χ4n) is 3.30. The third-order valence-corrected chi connectivity index (χ3v) is 4.52. The van der Waals surface area contributed by atoms with E-state index in [4.69, 9.17) is 4.74 Å². The number of urea groups is 1. The van der Waals surface area contributed by atoms with Gasteiger partial charge >= 0.3 is 6.03 Å². The second-order valence-electron chi connectivity index (χ2n) is 6.28. The smallest absolute Gasteiger partial charge is 0.318 e. The molecule has 126 valence electrons. The first-order valence-electron chi connectivity index (χ1n) is 8.41. The Bertz CT molecular complexity index is 714. The van der Waals surface area contributed by atoms with Gasteiger partial charge in [0, 0.05) is 13.1 Å². The van der Waals surface area contributed by atoms with Crippen LogP contribution in [0.5, 0.6) is 5.75 Å². The van der Waals surface area contributed by atoms with Gasteiger partial charge in [0.2, 0.25) is 0 Å². The highest BCUT2D eigenvalue weighted by atomic mass is 16.5. The van der Waals surface area contributed by atoms with E-state index in [-0.39, 0.29) is 12.1 Å². The molecule has 2 aromatic rings. The minimum Gasteiger partial charge on any atom is -0.497 e. The van der Waals surface area contributed by atoms with Gasteiger partial charge in [0.05, 0.1) is 13.2 Å². The maximum Gasteiger partial charge on any atom is 0.318 e. The summed E-state index contributed by atoms with van der Waals surface area (Å²) in [4.78, 5) is 14.6. The molecule has 0 bridgehead atoms. The van der Waals surface area contributed by atoms with Gasteiger partial charge in [0.1, 0.15) is 5.75 Å². The lowest BCUT2D eigenvalue weighted by Gasteiger charge is -2.25. The van der Waals surface area contributed by atoms with Gasteiger partial charge < -0.3 is 15.0 Å². The first kappa shape index (κ1) is 16.4. The minimum absolute atomic E-state index is 0.00169. The second-order valence-corrected chi connectivity index (χ2v) is 6.28. The molecule has 2 amide bonds. The maximum atomic E-state index is 12.6. The van der Waals surface area contributed by atoms with Crippen LogP contribution in [0.3, 0.4) is 0 Å². The zero-order valence-corrected chi connectivity index (χ0v) is 14.3. The molecule has 4 heteroatoms. The molecule has 0 saturated carbocycles. The molecule has 1 saturated heterocycles. The van der Waals surface area contributed by atoms with E-state index >= 15 is 0 Å². The largest absolute Gasteiger partial charge is 0.497 e. The number of methoxy groups -OCH3 is 1. The average Bonchev–Trinajstić information content (AvgIpc) is 3.10. The lowest BCUT2D eigenvalue weighted by atomic mass is 10.0. The van der Waals surface area contributed by atoms with Crippen LogP contribution in [0, 0.1) is 6.92 Å². The number of aryl methyl sites for hydroxylation is 1. The third kappa shape index (κ3) is 3.70. The van der Waals surface area contributed by atoms with Crippen molar-refractivity contribution in [3.8, 4) is 5.75 Å². The van der Waals surface area contributed by atoms with Crippen molar-refractivity contribution in [3.05, 3.63) is 65.2 Å². The quantitative estimate of drug-likeness (QED) is 0.922. The summed E-state index contributed by atoms with van der Waals surface area (Å²) in [5.74, 6) is 0.806. The Kier molecular flexibility index (Phi) is 5.04. The molecule has 24 heavy (non-hydrogen) atoms. The van der Waals surface area contributed by atoms with Gasteiger partial charge in [0.25, 0.3) is 0 Å². The van der Waals surface area contributed by atoms with E-state index in [9.17, 15) is 4.79 Å². The number of nitrogens with zero attached hydrogens (tertiary/aromatic N) is 1. The van der Waals surface area contributed by atoms with Crippen LogP contribution in [0.4, 0.5) is 4.79 Å². The summed E-state index contributed by atoms with van der Waals surface area (Å²) < 4.78 is 5.22. The lowest BCUT2D eigenvalue weighted by Crippen LogP contribution is -2.39. The molecule has 0 aromatic heterocycles. The summed E-state index contributed by atoms with van der Waals surface area (Å²) in [6, 6.07) is 16.4. The third-order valence-electron chi connectivity index (χ3n) is 4.52. The van der Waals surface area contributed by atoms with Gasteiger partial charge in [-0.25, -0.2) is 4.79 Å². The Hall–Kier alpha value is -2.49. The van der Waals surface area contributed by atoms with Gasteiger partial charge in [-0.3, -0.25) is 0 Å². The highest BCUT2D eigenvalue weighted by Crippen LogP contribution is 2.32. The monoisotopic (exact) mass is 324 g/mol. The van der Waals surface area contributed by atoms with Crippen molar-refractivity contribution < 1.29 is 9.53 Å².